The van der Waals surface area contributed by atoms with Crippen molar-refractivity contribution >= 4 is 11.9 Å². The maximum absolute atomic E-state index is 13.1. The van der Waals surface area contributed by atoms with Crippen molar-refractivity contribution in [1.82, 2.24) is 0 Å². The second-order valence-electron chi connectivity index (χ2n) is 6.31. The monoisotopic (exact) mass is 352 g/mol. The number of benzene rings is 1. The average Bonchev–Trinajstić information content (AvgIpc) is 2.62. The molecule has 0 atom stereocenters. The van der Waals surface area contributed by atoms with Gasteiger partial charge in [0, 0.05) is 18.9 Å². The molecule has 0 saturated heterocycles. The van der Waals surface area contributed by atoms with Gasteiger partial charge < -0.3 is 14.2 Å². The molecule has 138 valence electrons. The number of methoxy groups -OCH3 is 1. The average molecular weight is 352 g/mol. The molecule has 1 fully saturated rings. The summed E-state index contributed by atoms with van der Waals surface area (Å²) < 4.78 is 28.5. The summed E-state index contributed by atoms with van der Waals surface area (Å²) in [6.07, 6.45) is 6.55. The summed E-state index contributed by atoms with van der Waals surface area (Å²) in [4.78, 5) is 23.6. The van der Waals surface area contributed by atoms with Gasteiger partial charge in [0.1, 0.15) is 5.82 Å². The number of halogens is 1. The van der Waals surface area contributed by atoms with E-state index in [0.29, 0.717) is 18.9 Å². The van der Waals surface area contributed by atoms with E-state index in [1.807, 2.05) is 0 Å². The standard InChI is InChI=1S/C19H25FO5/c1-23-17-12-15(20)10-11-16(17)25-19(22)9-5-8-18(21)24-13-14-6-3-2-4-7-14/h10-12,14H,2-9,13H2,1H3. The second-order valence-corrected chi connectivity index (χ2v) is 6.31. The second kappa shape index (κ2) is 10.0. The van der Waals surface area contributed by atoms with Gasteiger partial charge >= 0.3 is 11.9 Å². The Morgan fingerprint density at radius 2 is 1.80 bits per heavy atom. The fraction of sp³-hybridized carbons (Fsp3) is 0.579. The molecule has 0 aliphatic heterocycles. The maximum atomic E-state index is 13.1. The molecule has 2 rings (SSSR count). The predicted octanol–water partition coefficient (Wildman–Crippen LogP) is 4.03. The lowest BCUT2D eigenvalue weighted by molar-refractivity contribution is -0.145. The number of hydrogen-bond donors (Lipinski definition) is 0. The molecule has 0 spiro atoms. The Balaban J connectivity index is 1.65. The van der Waals surface area contributed by atoms with Crippen LogP contribution in [0.3, 0.4) is 0 Å². The highest BCUT2D eigenvalue weighted by Gasteiger charge is 2.16. The van der Waals surface area contributed by atoms with E-state index in [-0.39, 0.29) is 30.3 Å². The van der Waals surface area contributed by atoms with Gasteiger partial charge in [0.25, 0.3) is 0 Å². The molecule has 1 aromatic carbocycles. The van der Waals surface area contributed by atoms with Gasteiger partial charge in [0.05, 0.1) is 13.7 Å². The summed E-state index contributed by atoms with van der Waals surface area (Å²) in [6.45, 7) is 0.482. The zero-order chi connectivity index (χ0) is 18.1. The van der Waals surface area contributed by atoms with Gasteiger partial charge in [0.2, 0.25) is 0 Å². The number of ether oxygens (including phenoxy) is 3. The van der Waals surface area contributed by atoms with Crippen LogP contribution < -0.4 is 9.47 Å². The molecule has 0 aromatic heterocycles. The van der Waals surface area contributed by atoms with E-state index in [1.54, 1.807) is 0 Å². The van der Waals surface area contributed by atoms with Crippen molar-refractivity contribution in [2.45, 2.75) is 51.4 Å². The fourth-order valence-corrected chi connectivity index (χ4v) is 2.91. The molecule has 1 aliphatic carbocycles. The van der Waals surface area contributed by atoms with Crippen molar-refractivity contribution in [1.29, 1.82) is 0 Å². The molecule has 0 amide bonds. The van der Waals surface area contributed by atoms with Crippen molar-refractivity contribution in [3.8, 4) is 11.5 Å². The SMILES string of the molecule is COc1cc(F)ccc1OC(=O)CCCC(=O)OCC1CCCCC1. The van der Waals surface area contributed by atoms with Crippen molar-refractivity contribution in [3.05, 3.63) is 24.0 Å². The number of carbonyl (C=O) groups is 2. The molecular formula is C19H25FO5. The minimum Gasteiger partial charge on any atom is -0.493 e. The van der Waals surface area contributed by atoms with Crippen molar-refractivity contribution in [3.63, 3.8) is 0 Å². The number of hydrogen-bond acceptors (Lipinski definition) is 5. The first-order valence-corrected chi connectivity index (χ1v) is 8.78. The molecule has 0 unspecified atom stereocenters. The molecule has 0 heterocycles. The van der Waals surface area contributed by atoms with Gasteiger partial charge in [-0.3, -0.25) is 9.59 Å². The van der Waals surface area contributed by atoms with Crippen LogP contribution in [0.15, 0.2) is 18.2 Å². The molecule has 6 heteroatoms. The van der Waals surface area contributed by atoms with Gasteiger partial charge in [-0.1, -0.05) is 19.3 Å². The largest absolute Gasteiger partial charge is 0.493 e. The quantitative estimate of drug-likeness (QED) is 0.522. The third kappa shape index (κ3) is 6.72. The van der Waals surface area contributed by atoms with Crippen LogP contribution in [0.4, 0.5) is 4.39 Å². The van der Waals surface area contributed by atoms with Gasteiger partial charge in [-0.25, -0.2) is 4.39 Å². The Hall–Kier alpha value is -2.11. The summed E-state index contributed by atoms with van der Waals surface area (Å²) in [5.41, 5.74) is 0. The smallest absolute Gasteiger partial charge is 0.311 e. The van der Waals surface area contributed by atoms with Crippen LogP contribution in [0.2, 0.25) is 0 Å². The van der Waals surface area contributed by atoms with Crippen LogP contribution in [-0.2, 0) is 14.3 Å². The third-order valence-electron chi connectivity index (χ3n) is 4.32. The minimum atomic E-state index is -0.495. The first kappa shape index (κ1) is 19.2. The Morgan fingerprint density at radius 1 is 1.08 bits per heavy atom. The van der Waals surface area contributed by atoms with Crippen LogP contribution >= 0.6 is 0 Å². The summed E-state index contributed by atoms with van der Waals surface area (Å²) in [5.74, 6) is -0.456. The van der Waals surface area contributed by atoms with Crippen molar-refractivity contribution in [2.75, 3.05) is 13.7 Å². The molecule has 1 aliphatic rings. The van der Waals surface area contributed by atoms with Crippen molar-refractivity contribution < 1.29 is 28.2 Å². The normalized spacial score (nSPS) is 14.8. The number of carbonyl (C=O) groups excluding carboxylic acids is 2. The summed E-state index contributed by atoms with van der Waals surface area (Å²) in [6, 6.07) is 3.67. The molecule has 1 aromatic rings. The Morgan fingerprint density at radius 3 is 2.52 bits per heavy atom. The summed E-state index contributed by atoms with van der Waals surface area (Å²) in [7, 11) is 1.37. The van der Waals surface area contributed by atoms with Crippen LogP contribution in [-0.4, -0.2) is 25.7 Å². The van der Waals surface area contributed by atoms with E-state index < -0.39 is 11.8 Å². The lowest BCUT2D eigenvalue weighted by atomic mass is 9.90. The van der Waals surface area contributed by atoms with E-state index in [9.17, 15) is 14.0 Å². The summed E-state index contributed by atoms with van der Waals surface area (Å²) >= 11 is 0. The van der Waals surface area contributed by atoms with E-state index in [2.05, 4.69) is 0 Å². The lowest BCUT2D eigenvalue weighted by Gasteiger charge is -2.20. The highest BCUT2D eigenvalue weighted by atomic mass is 19.1. The van der Waals surface area contributed by atoms with Gasteiger partial charge in [-0.05, 0) is 37.3 Å². The van der Waals surface area contributed by atoms with Crippen LogP contribution in [0.25, 0.3) is 0 Å². The summed E-state index contributed by atoms with van der Waals surface area (Å²) in [5, 5.41) is 0. The number of rotatable bonds is 8. The first-order chi connectivity index (χ1) is 12.1. The molecule has 0 bridgehead atoms. The molecule has 0 N–H and O–H groups in total. The van der Waals surface area contributed by atoms with Crippen LogP contribution in [0.5, 0.6) is 11.5 Å². The van der Waals surface area contributed by atoms with Crippen molar-refractivity contribution in [2.24, 2.45) is 5.92 Å². The maximum Gasteiger partial charge on any atom is 0.311 e. The highest BCUT2D eigenvalue weighted by Crippen LogP contribution is 2.28. The minimum absolute atomic E-state index is 0.0824. The zero-order valence-corrected chi connectivity index (χ0v) is 14.6. The van der Waals surface area contributed by atoms with Gasteiger partial charge in [-0.2, -0.15) is 0 Å². The molecule has 25 heavy (non-hydrogen) atoms. The molecule has 0 radical (unpaired) electrons. The van der Waals surface area contributed by atoms with Crippen LogP contribution in [0, 0.1) is 11.7 Å². The molecule has 1 saturated carbocycles. The fourth-order valence-electron chi connectivity index (χ4n) is 2.91. The Labute approximate surface area is 147 Å². The number of esters is 2. The Kier molecular flexibility index (Phi) is 7.70. The molecule has 5 nitrogen and oxygen atoms in total. The molecular weight excluding hydrogens is 327 g/mol. The van der Waals surface area contributed by atoms with E-state index >= 15 is 0 Å². The van der Waals surface area contributed by atoms with E-state index in [4.69, 9.17) is 14.2 Å². The lowest BCUT2D eigenvalue weighted by Crippen LogP contribution is -2.17. The van der Waals surface area contributed by atoms with Gasteiger partial charge in [-0.15, -0.1) is 0 Å². The predicted molar refractivity (Wildman–Crippen MR) is 90.0 cm³/mol. The van der Waals surface area contributed by atoms with E-state index in [1.165, 1.54) is 38.5 Å². The highest BCUT2D eigenvalue weighted by molar-refractivity contribution is 5.74. The first-order valence-electron chi connectivity index (χ1n) is 8.78. The zero-order valence-electron chi connectivity index (χ0n) is 14.6. The van der Waals surface area contributed by atoms with E-state index in [0.717, 1.165) is 18.9 Å². The van der Waals surface area contributed by atoms with Crippen LogP contribution in [0.1, 0.15) is 51.4 Å². The van der Waals surface area contributed by atoms with Gasteiger partial charge in [0.15, 0.2) is 11.5 Å². The third-order valence-corrected chi connectivity index (χ3v) is 4.32. The Bertz CT molecular complexity index is 581. The topological polar surface area (TPSA) is 61.8 Å².